The number of hydrogen-bond donors (Lipinski definition) is 0. The van der Waals surface area contributed by atoms with E-state index in [1.165, 1.54) is 81.7 Å². The van der Waals surface area contributed by atoms with Gasteiger partial charge in [-0.2, -0.15) is 0 Å². The van der Waals surface area contributed by atoms with E-state index in [4.69, 9.17) is 4.74 Å². The molecule has 208 valence electrons. The van der Waals surface area contributed by atoms with Gasteiger partial charge in [0.1, 0.15) is 11.5 Å². The zero-order valence-electron chi connectivity index (χ0n) is 24.4. The van der Waals surface area contributed by atoms with Gasteiger partial charge in [0.15, 0.2) is 0 Å². The van der Waals surface area contributed by atoms with Gasteiger partial charge in [-0.25, -0.2) is 0 Å². The molecular weight excluding hydrogens is 544 g/mol. The molecule has 1 heteroatoms. The second-order valence-corrected chi connectivity index (χ2v) is 12.0. The van der Waals surface area contributed by atoms with Crippen molar-refractivity contribution >= 4 is 53.9 Å². The average molecular weight is 571 g/mol. The van der Waals surface area contributed by atoms with Gasteiger partial charge in [0.05, 0.1) is 0 Å². The van der Waals surface area contributed by atoms with E-state index in [2.05, 4.69) is 158 Å². The van der Waals surface area contributed by atoms with Crippen molar-refractivity contribution in [2.75, 3.05) is 0 Å². The second-order valence-electron chi connectivity index (χ2n) is 12.0. The van der Waals surface area contributed by atoms with Crippen LogP contribution in [0.25, 0.3) is 87.2 Å². The van der Waals surface area contributed by atoms with Crippen LogP contribution in [0.1, 0.15) is 0 Å². The summed E-state index contributed by atoms with van der Waals surface area (Å²) in [7, 11) is 0. The van der Waals surface area contributed by atoms with Crippen LogP contribution in [-0.2, 0) is 0 Å². The SMILES string of the molecule is c1ccc2c(-c3c4ccccc4c(-c4ccc5c(c4)-c4cccc6cccc(c46)O5)c4ccccc34)c3ccccc3cc2c1. The third-order valence-electron chi connectivity index (χ3n) is 9.60. The van der Waals surface area contributed by atoms with E-state index >= 15 is 0 Å². The highest BCUT2D eigenvalue weighted by molar-refractivity contribution is 6.27. The molecule has 1 heterocycles. The highest BCUT2D eigenvalue weighted by atomic mass is 16.5. The van der Waals surface area contributed by atoms with Crippen LogP contribution in [0, 0.1) is 0 Å². The molecule has 0 radical (unpaired) electrons. The molecule has 10 rings (SSSR count). The molecule has 0 unspecified atom stereocenters. The summed E-state index contributed by atoms with van der Waals surface area (Å²) >= 11 is 0. The Bertz CT molecular complexity index is 2560. The van der Waals surface area contributed by atoms with E-state index < -0.39 is 0 Å². The van der Waals surface area contributed by atoms with Crippen molar-refractivity contribution in [2.24, 2.45) is 0 Å². The normalized spacial score (nSPS) is 12.2. The largest absolute Gasteiger partial charge is 0.456 e. The van der Waals surface area contributed by atoms with Crippen molar-refractivity contribution < 1.29 is 4.74 Å². The Hall–Kier alpha value is -5.92. The van der Waals surface area contributed by atoms with E-state index in [1.54, 1.807) is 0 Å². The van der Waals surface area contributed by atoms with Crippen LogP contribution in [-0.4, -0.2) is 0 Å². The molecule has 1 nitrogen and oxygen atoms in total. The predicted molar refractivity (Wildman–Crippen MR) is 190 cm³/mol. The van der Waals surface area contributed by atoms with E-state index in [1.807, 2.05) is 0 Å². The van der Waals surface area contributed by atoms with E-state index in [-0.39, 0.29) is 0 Å². The van der Waals surface area contributed by atoms with Crippen molar-refractivity contribution in [3.63, 3.8) is 0 Å². The quantitative estimate of drug-likeness (QED) is 0.188. The minimum Gasteiger partial charge on any atom is -0.456 e. The van der Waals surface area contributed by atoms with Crippen LogP contribution >= 0.6 is 0 Å². The third-order valence-corrected chi connectivity index (χ3v) is 9.60. The molecule has 9 aromatic rings. The van der Waals surface area contributed by atoms with Gasteiger partial charge in [-0.3, -0.25) is 0 Å². The summed E-state index contributed by atoms with van der Waals surface area (Å²) in [5.41, 5.74) is 7.38. The zero-order valence-corrected chi connectivity index (χ0v) is 24.4. The summed E-state index contributed by atoms with van der Waals surface area (Å²) in [5, 5.41) is 12.5. The lowest BCUT2D eigenvalue weighted by atomic mass is 9.82. The van der Waals surface area contributed by atoms with Crippen molar-refractivity contribution in [1.82, 2.24) is 0 Å². The highest BCUT2D eigenvalue weighted by Gasteiger charge is 2.23. The van der Waals surface area contributed by atoms with Gasteiger partial charge < -0.3 is 4.74 Å². The molecule has 0 saturated heterocycles. The highest BCUT2D eigenvalue weighted by Crippen LogP contribution is 2.51. The molecular formula is C44H26O. The molecule has 0 saturated carbocycles. The molecule has 9 aromatic carbocycles. The molecule has 0 spiro atoms. The summed E-state index contributed by atoms with van der Waals surface area (Å²) in [4.78, 5) is 0. The number of rotatable bonds is 2. The maximum absolute atomic E-state index is 6.47. The van der Waals surface area contributed by atoms with Gasteiger partial charge in [0.25, 0.3) is 0 Å². The second kappa shape index (κ2) is 9.29. The lowest BCUT2D eigenvalue weighted by Crippen LogP contribution is -1.98. The Morgan fingerprint density at radius 3 is 1.47 bits per heavy atom. The molecule has 0 atom stereocenters. The van der Waals surface area contributed by atoms with Crippen LogP contribution in [0.2, 0.25) is 0 Å². The van der Waals surface area contributed by atoms with Crippen LogP contribution in [0.4, 0.5) is 0 Å². The van der Waals surface area contributed by atoms with Crippen molar-refractivity contribution in [1.29, 1.82) is 0 Å². The fourth-order valence-corrected chi connectivity index (χ4v) is 7.71. The summed E-state index contributed by atoms with van der Waals surface area (Å²) in [6.45, 7) is 0. The van der Waals surface area contributed by atoms with Crippen molar-refractivity contribution in [3.8, 4) is 44.9 Å². The first-order valence-electron chi connectivity index (χ1n) is 15.5. The van der Waals surface area contributed by atoms with Gasteiger partial charge in [0, 0.05) is 10.9 Å². The fraction of sp³-hybridized carbons (Fsp3) is 0. The van der Waals surface area contributed by atoms with Crippen LogP contribution < -0.4 is 4.74 Å². The minimum absolute atomic E-state index is 0.900. The lowest BCUT2D eigenvalue weighted by molar-refractivity contribution is 0.487. The lowest BCUT2D eigenvalue weighted by Gasteiger charge is -2.23. The first-order valence-corrected chi connectivity index (χ1v) is 15.5. The summed E-state index contributed by atoms with van der Waals surface area (Å²) in [5.74, 6) is 1.82. The smallest absolute Gasteiger partial charge is 0.135 e. The molecule has 0 aromatic heterocycles. The standard InChI is InChI=1S/C44H26O/c1-3-15-31-28(11-1)25-29-12-2-4-16-32(29)43(31)44-35-19-7-5-17-33(35)41(34-18-6-8-20-36(34)44)30-23-24-39-38(26-30)37-21-9-13-27-14-10-22-40(45-39)42(27)37/h1-26H. The molecule has 0 fully saturated rings. The molecule has 1 aliphatic rings. The fourth-order valence-electron chi connectivity index (χ4n) is 7.71. The van der Waals surface area contributed by atoms with Gasteiger partial charge in [-0.15, -0.1) is 0 Å². The van der Waals surface area contributed by atoms with Crippen LogP contribution in [0.5, 0.6) is 11.5 Å². The summed E-state index contributed by atoms with van der Waals surface area (Å²) in [6.07, 6.45) is 0. The Morgan fingerprint density at radius 2 is 0.822 bits per heavy atom. The Morgan fingerprint density at radius 1 is 0.311 bits per heavy atom. The zero-order chi connectivity index (χ0) is 29.5. The Balaban J connectivity index is 1.33. The third kappa shape index (κ3) is 3.50. The number of fused-ring (bicyclic) bond motifs is 6. The van der Waals surface area contributed by atoms with E-state index in [0.29, 0.717) is 0 Å². The minimum atomic E-state index is 0.900. The monoisotopic (exact) mass is 570 g/mol. The topological polar surface area (TPSA) is 9.23 Å². The number of benzene rings is 9. The van der Waals surface area contributed by atoms with Gasteiger partial charge in [-0.1, -0.05) is 133 Å². The van der Waals surface area contributed by atoms with Crippen molar-refractivity contribution in [2.45, 2.75) is 0 Å². The summed E-state index contributed by atoms with van der Waals surface area (Å²) in [6, 6.07) is 57.4. The molecule has 0 aliphatic carbocycles. The molecule has 0 amide bonds. The number of hydrogen-bond acceptors (Lipinski definition) is 1. The van der Waals surface area contributed by atoms with E-state index in [0.717, 1.165) is 17.1 Å². The maximum Gasteiger partial charge on any atom is 0.135 e. The van der Waals surface area contributed by atoms with Crippen molar-refractivity contribution in [3.05, 3.63) is 158 Å². The predicted octanol–water partition coefficient (Wildman–Crippen LogP) is 12.6. The molecule has 1 aliphatic heterocycles. The first-order chi connectivity index (χ1) is 22.3. The Kier molecular flexibility index (Phi) is 5.06. The molecule has 0 N–H and O–H groups in total. The van der Waals surface area contributed by atoms with Crippen LogP contribution in [0.3, 0.4) is 0 Å². The van der Waals surface area contributed by atoms with Gasteiger partial charge >= 0.3 is 0 Å². The maximum atomic E-state index is 6.47. The molecule has 0 bridgehead atoms. The summed E-state index contributed by atoms with van der Waals surface area (Å²) < 4.78 is 6.47. The first kappa shape index (κ1) is 24.5. The van der Waals surface area contributed by atoms with Crippen LogP contribution in [0.15, 0.2) is 158 Å². The average Bonchev–Trinajstić information content (AvgIpc) is 3.10. The number of ether oxygens (including phenoxy) is 1. The van der Waals surface area contributed by atoms with Gasteiger partial charge in [-0.05, 0) is 101 Å². The Labute approximate surface area is 260 Å². The molecule has 45 heavy (non-hydrogen) atoms. The van der Waals surface area contributed by atoms with Gasteiger partial charge in [0.2, 0.25) is 0 Å². The van der Waals surface area contributed by atoms with E-state index in [9.17, 15) is 0 Å².